The molecule has 0 aromatic heterocycles. The molecule has 0 spiro atoms. The van der Waals surface area contributed by atoms with Gasteiger partial charge in [-0.25, -0.2) is 0 Å². The molecule has 0 radical (unpaired) electrons. The molecular formula is C11H23NOS. The first-order valence-corrected chi connectivity index (χ1v) is 6.93. The van der Waals surface area contributed by atoms with E-state index in [-0.39, 0.29) is 6.61 Å². The predicted octanol–water partition coefficient (Wildman–Crippen LogP) is 1.88. The second-order valence-corrected chi connectivity index (χ2v) is 5.38. The van der Waals surface area contributed by atoms with Crippen molar-refractivity contribution in [1.82, 2.24) is 5.32 Å². The largest absolute Gasteiger partial charge is 0.395 e. The standard InChI is InChI=1S/C11H23NOS/c1-9(11(8-13)14-2)12-7-10-5-3-4-6-10/h9-13H,3-8H2,1-2H3. The van der Waals surface area contributed by atoms with Crippen molar-refractivity contribution in [3.05, 3.63) is 0 Å². The summed E-state index contributed by atoms with van der Waals surface area (Å²) in [4.78, 5) is 0. The molecule has 84 valence electrons. The van der Waals surface area contributed by atoms with Gasteiger partial charge in [-0.1, -0.05) is 12.8 Å². The summed E-state index contributed by atoms with van der Waals surface area (Å²) in [7, 11) is 0. The average Bonchev–Trinajstić information content (AvgIpc) is 2.69. The molecule has 1 rings (SSSR count). The summed E-state index contributed by atoms with van der Waals surface area (Å²) in [6.45, 7) is 3.59. The zero-order valence-electron chi connectivity index (χ0n) is 9.33. The summed E-state index contributed by atoms with van der Waals surface area (Å²) >= 11 is 1.75. The second kappa shape index (κ2) is 6.70. The Balaban J connectivity index is 2.15. The van der Waals surface area contributed by atoms with Crippen LogP contribution in [0.5, 0.6) is 0 Å². The van der Waals surface area contributed by atoms with Gasteiger partial charge in [-0.15, -0.1) is 0 Å². The molecule has 2 unspecified atom stereocenters. The molecule has 0 bridgehead atoms. The van der Waals surface area contributed by atoms with Crippen LogP contribution in [-0.4, -0.2) is 35.8 Å². The smallest absolute Gasteiger partial charge is 0.0564 e. The quantitative estimate of drug-likeness (QED) is 0.712. The highest BCUT2D eigenvalue weighted by atomic mass is 32.2. The van der Waals surface area contributed by atoms with Crippen molar-refractivity contribution < 1.29 is 5.11 Å². The Bertz CT molecular complexity index is 144. The van der Waals surface area contributed by atoms with E-state index in [0.29, 0.717) is 11.3 Å². The van der Waals surface area contributed by atoms with Crippen LogP contribution in [0.15, 0.2) is 0 Å². The minimum atomic E-state index is 0.278. The molecule has 3 heteroatoms. The minimum absolute atomic E-state index is 0.278. The summed E-state index contributed by atoms with van der Waals surface area (Å²) in [5.74, 6) is 0.888. The van der Waals surface area contributed by atoms with Crippen molar-refractivity contribution in [3.63, 3.8) is 0 Å². The number of rotatable bonds is 6. The van der Waals surface area contributed by atoms with Crippen LogP contribution in [0.1, 0.15) is 32.6 Å². The van der Waals surface area contributed by atoms with E-state index in [1.165, 1.54) is 25.7 Å². The van der Waals surface area contributed by atoms with Crippen molar-refractivity contribution in [1.29, 1.82) is 0 Å². The second-order valence-electron chi connectivity index (χ2n) is 4.30. The van der Waals surface area contributed by atoms with E-state index in [9.17, 15) is 0 Å². The Morgan fingerprint density at radius 3 is 2.57 bits per heavy atom. The van der Waals surface area contributed by atoms with E-state index in [1.807, 2.05) is 0 Å². The molecule has 0 aromatic carbocycles. The summed E-state index contributed by atoms with van der Waals surface area (Å²) < 4.78 is 0. The normalized spacial score (nSPS) is 22.5. The van der Waals surface area contributed by atoms with Gasteiger partial charge in [-0.3, -0.25) is 0 Å². The Hall–Kier alpha value is 0.270. The Morgan fingerprint density at radius 2 is 2.07 bits per heavy atom. The number of thioether (sulfide) groups is 1. The number of hydrogen-bond acceptors (Lipinski definition) is 3. The molecule has 0 aromatic rings. The molecule has 2 N–H and O–H groups in total. The van der Waals surface area contributed by atoms with Gasteiger partial charge in [0.1, 0.15) is 0 Å². The highest BCUT2D eigenvalue weighted by molar-refractivity contribution is 7.99. The van der Waals surface area contributed by atoms with Crippen molar-refractivity contribution in [3.8, 4) is 0 Å². The molecule has 0 aliphatic heterocycles. The van der Waals surface area contributed by atoms with Gasteiger partial charge in [-0.2, -0.15) is 11.8 Å². The fourth-order valence-corrected chi connectivity index (χ4v) is 2.79. The monoisotopic (exact) mass is 217 g/mol. The first-order chi connectivity index (χ1) is 6.77. The van der Waals surface area contributed by atoms with Gasteiger partial charge in [0, 0.05) is 11.3 Å². The van der Waals surface area contributed by atoms with E-state index < -0.39 is 0 Å². The number of nitrogens with one attached hydrogen (secondary N) is 1. The summed E-state index contributed by atoms with van der Waals surface area (Å²) in [5.41, 5.74) is 0. The fourth-order valence-electron chi connectivity index (χ4n) is 2.14. The molecule has 0 amide bonds. The molecule has 2 nitrogen and oxygen atoms in total. The maximum atomic E-state index is 9.13. The van der Waals surface area contributed by atoms with Crippen LogP contribution in [0.4, 0.5) is 0 Å². The highest BCUT2D eigenvalue weighted by Gasteiger charge is 2.18. The lowest BCUT2D eigenvalue weighted by Gasteiger charge is -2.23. The summed E-state index contributed by atoms with van der Waals surface area (Å²) in [5, 5.41) is 13.0. The van der Waals surface area contributed by atoms with Gasteiger partial charge in [0.15, 0.2) is 0 Å². The topological polar surface area (TPSA) is 32.3 Å². The lowest BCUT2D eigenvalue weighted by Crippen LogP contribution is -2.39. The van der Waals surface area contributed by atoms with Gasteiger partial charge in [0.05, 0.1) is 6.61 Å². The molecule has 0 heterocycles. The third kappa shape index (κ3) is 3.79. The van der Waals surface area contributed by atoms with Crippen molar-refractivity contribution in [2.24, 2.45) is 5.92 Å². The van der Waals surface area contributed by atoms with Gasteiger partial charge >= 0.3 is 0 Å². The Kier molecular flexibility index (Phi) is 5.90. The zero-order valence-corrected chi connectivity index (χ0v) is 10.1. The highest BCUT2D eigenvalue weighted by Crippen LogP contribution is 2.24. The van der Waals surface area contributed by atoms with Crippen LogP contribution in [-0.2, 0) is 0 Å². The van der Waals surface area contributed by atoms with Gasteiger partial charge in [0.25, 0.3) is 0 Å². The van der Waals surface area contributed by atoms with E-state index >= 15 is 0 Å². The maximum absolute atomic E-state index is 9.13. The zero-order chi connectivity index (χ0) is 10.4. The molecule has 2 atom stereocenters. The van der Waals surface area contributed by atoms with E-state index in [4.69, 9.17) is 5.11 Å². The van der Waals surface area contributed by atoms with Gasteiger partial charge in [-0.05, 0) is 38.5 Å². The summed E-state index contributed by atoms with van der Waals surface area (Å²) in [6, 6.07) is 0.426. The number of hydrogen-bond donors (Lipinski definition) is 2. The third-order valence-electron chi connectivity index (χ3n) is 3.24. The average molecular weight is 217 g/mol. The fraction of sp³-hybridized carbons (Fsp3) is 1.00. The Morgan fingerprint density at radius 1 is 1.43 bits per heavy atom. The van der Waals surface area contributed by atoms with E-state index in [2.05, 4.69) is 18.5 Å². The molecule has 1 fully saturated rings. The molecule has 14 heavy (non-hydrogen) atoms. The van der Waals surface area contributed by atoms with Crippen molar-refractivity contribution >= 4 is 11.8 Å². The Labute approximate surface area is 91.9 Å². The molecule has 1 aliphatic carbocycles. The molecule has 1 aliphatic rings. The molecule has 0 saturated heterocycles. The SMILES string of the molecule is CSC(CO)C(C)NCC1CCCC1. The maximum Gasteiger partial charge on any atom is 0.0564 e. The first kappa shape index (κ1) is 12.3. The van der Waals surface area contributed by atoms with Gasteiger partial charge < -0.3 is 10.4 Å². The van der Waals surface area contributed by atoms with Crippen LogP contribution in [0.3, 0.4) is 0 Å². The number of aliphatic hydroxyl groups is 1. The van der Waals surface area contributed by atoms with Crippen LogP contribution in [0.2, 0.25) is 0 Å². The minimum Gasteiger partial charge on any atom is -0.395 e. The first-order valence-electron chi connectivity index (χ1n) is 5.65. The van der Waals surface area contributed by atoms with Crippen molar-refractivity contribution in [2.75, 3.05) is 19.4 Å². The van der Waals surface area contributed by atoms with E-state index in [0.717, 1.165) is 12.5 Å². The van der Waals surface area contributed by atoms with Crippen LogP contribution < -0.4 is 5.32 Å². The van der Waals surface area contributed by atoms with Crippen molar-refractivity contribution in [2.45, 2.75) is 43.9 Å². The van der Waals surface area contributed by atoms with Crippen LogP contribution in [0, 0.1) is 5.92 Å². The lowest BCUT2D eigenvalue weighted by atomic mass is 10.1. The number of aliphatic hydroxyl groups excluding tert-OH is 1. The van der Waals surface area contributed by atoms with Crippen LogP contribution >= 0.6 is 11.8 Å². The lowest BCUT2D eigenvalue weighted by molar-refractivity contribution is 0.273. The third-order valence-corrected chi connectivity index (χ3v) is 4.41. The van der Waals surface area contributed by atoms with Crippen LogP contribution in [0.25, 0.3) is 0 Å². The summed E-state index contributed by atoms with van der Waals surface area (Å²) in [6.07, 6.45) is 7.67. The molecule has 1 saturated carbocycles. The van der Waals surface area contributed by atoms with Gasteiger partial charge in [0.2, 0.25) is 0 Å². The predicted molar refractivity (Wildman–Crippen MR) is 63.8 cm³/mol. The molecular weight excluding hydrogens is 194 g/mol. The van der Waals surface area contributed by atoms with E-state index in [1.54, 1.807) is 11.8 Å².